The molecule has 4 heteroatoms. The van der Waals surface area contributed by atoms with E-state index < -0.39 is 5.38 Å². The number of amides is 1. The van der Waals surface area contributed by atoms with Gasteiger partial charge in [0.2, 0.25) is 5.91 Å². The number of rotatable bonds is 4. The molecule has 0 aliphatic carbocycles. The van der Waals surface area contributed by atoms with E-state index in [9.17, 15) is 4.79 Å². The molecule has 0 fully saturated rings. The Labute approximate surface area is 135 Å². The lowest BCUT2D eigenvalue weighted by molar-refractivity contribution is -0.129. The molecule has 0 aliphatic heterocycles. The number of carbonyl (C=O) groups excluding carboxylic acids is 1. The minimum absolute atomic E-state index is 0.123. The van der Waals surface area contributed by atoms with Crippen molar-refractivity contribution in [2.75, 3.05) is 13.6 Å². The van der Waals surface area contributed by atoms with E-state index in [-0.39, 0.29) is 5.91 Å². The molecule has 2 aromatic carbocycles. The van der Waals surface area contributed by atoms with Gasteiger partial charge in [-0.25, -0.2) is 0 Å². The molecule has 0 spiro atoms. The lowest BCUT2D eigenvalue weighted by atomic mass is 10.0. The number of halogens is 2. The van der Waals surface area contributed by atoms with E-state index in [2.05, 4.69) is 0 Å². The lowest BCUT2D eigenvalue weighted by Gasteiger charge is -2.19. The summed E-state index contributed by atoms with van der Waals surface area (Å²) in [6, 6.07) is 15.4. The van der Waals surface area contributed by atoms with Crippen LogP contribution in [0.1, 0.15) is 17.9 Å². The fraction of sp³-hybridized carbons (Fsp3) is 0.235. The molecule has 1 unspecified atom stereocenters. The highest BCUT2D eigenvalue weighted by Gasteiger charge is 2.21. The molecule has 1 atom stereocenters. The van der Waals surface area contributed by atoms with Gasteiger partial charge in [0.15, 0.2) is 0 Å². The van der Waals surface area contributed by atoms with Gasteiger partial charge in [-0.3, -0.25) is 4.79 Å². The summed E-state index contributed by atoms with van der Waals surface area (Å²) in [5.74, 6) is -0.123. The quantitative estimate of drug-likeness (QED) is 0.743. The molecule has 2 aromatic rings. The van der Waals surface area contributed by atoms with Gasteiger partial charge < -0.3 is 4.90 Å². The van der Waals surface area contributed by atoms with Crippen LogP contribution in [-0.4, -0.2) is 24.4 Å². The molecule has 1 amide bonds. The fourth-order valence-corrected chi connectivity index (χ4v) is 2.63. The molecule has 0 saturated carbocycles. The topological polar surface area (TPSA) is 20.3 Å². The largest absolute Gasteiger partial charge is 0.344 e. The molecule has 0 radical (unpaired) electrons. The molecule has 0 saturated heterocycles. The van der Waals surface area contributed by atoms with E-state index >= 15 is 0 Å². The van der Waals surface area contributed by atoms with Crippen molar-refractivity contribution in [2.45, 2.75) is 12.3 Å². The number of likely N-dealkylation sites (N-methyl/N-ethyl adjacent to an activating group) is 1. The van der Waals surface area contributed by atoms with Crippen LogP contribution < -0.4 is 0 Å². The molecule has 0 aliphatic rings. The predicted molar refractivity (Wildman–Crippen MR) is 88.8 cm³/mol. The Morgan fingerprint density at radius 1 is 1.19 bits per heavy atom. The van der Waals surface area contributed by atoms with Gasteiger partial charge in [-0.2, -0.15) is 0 Å². The van der Waals surface area contributed by atoms with Crippen LogP contribution in [0.5, 0.6) is 0 Å². The van der Waals surface area contributed by atoms with Crippen LogP contribution in [0, 0.1) is 0 Å². The Hall–Kier alpha value is -1.51. The van der Waals surface area contributed by atoms with Gasteiger partial charge in [0, 0.05) is 24.2 Å². The zero-order valence-electron chi connectivity index (χ0n) is 12.0. The van der Waals surface area contributed by atoms with Gasteiger partial charge in [-0.15, -0.1) is 11.6 Å². The van der Waals surface area contributed by atoms with Crippen LogP contribution >= 0.6 is 23.2 Å². The highest BCUT2D eigenvalue weighted by Crippen LogP contribution is 2.32. The number of benzene rings is 2. The summed E-state index contributed by atoms with van der Waals surface area (Å²) in [7, 11) is 1.73. The number of nitrogens with zero attached hydrogens (tertiary/aromatic N) is 1. The van der Waals surface area contributed by atoms with Crippen LogP contribution in [0.15, 0.2) is 48.5 Å². The first-order valence-corrected chi connectivity index (χ1v) is 7.60. The predicted octanol–water partition coefficient (Wildman–Crippen LogP) is 4.77. The Bertz CT molecular complexity index is 628. The number of hydrogen-bond donors (Lipinski definition) is 0. The summed E-state index contributed by atoms with van der Waals surface area (Å²) in [4.78, 5) is 13.7. The monoisotopic (exact) mass is 321 g/mol. The summed E-state index contributed by atoms with van der Waals surface area (Å²) in [6.45, 7) is 2.53. The van der Waals surface area contributed by atoms with Crippen molar-refractivity contribution in [1.29, 1.82) is 0 Å². The highest BCUT2D eigenvalue weighted by atomic mass is 35.5. The van der Waals surface area contributed by atoms with E-state index in [1.54, 1.807) is 18.0 Å². The molecule has 2 rings (SSSR count). The van der Waals surface area contributed by atoms with Crippen molar-refractivity contribution in [3.8, 4) is 11.1 Å². The van der Waals surface area contributed by atoms with Gasteiger partial charge in [-0.05, 0) is 24.1 Å². The van der Waals surface area contributed by atoms with Crippen LogP contribution in [0.2, 0.25) is 5.02 Å². The van der Waals surface area contributed by atoms with Crippen LogP contribution in [0.25, 0.3) is 11.1 Å². The Morgan fingerprint density at radius 2 is 1.86 bits per heavy atom. The molecule has 0 bridgehead atoms. The summed E-state index contributed by atoms with van der Waals surface area (Å²) in [5.41, 5.74) is 2.69. The van der Waals surface area contributed by atoms with Crippen molar-refractivity contribution < 1.29 is 4.79 Å². The molecule has 110 valence electrons. The zero-order valence-corrected chi connectivity index (χ0v) is 13.5. The maximum absolute atomic E-state index is 12.1. The smallest absolute Gasteiger partial charge is 0.244 e. The van der Waals surface area contributed by atoms with E-state index in [0.717, 1.165) is 11.1 Å². The van der Waals surface area contributed by atoms with Crippen LogP contribution in [0.3, 0.4) is 0 Å². The van der Waals surface area contributed by atoms with Crippen molar-refractivity contribution in [3.63, 3.8) is 0 Å². The normalized spacial score (nSPS) is 12.0. The Balaban J connectivity index is 2.29. The number of hydrogen-bond acceptors (Lipinski definition) is 1. The Kier molecular flexibility index (Phi) is 5.27. The molecule has 0 N–H and O–H groups in total. The van der Waals surface area contributed by atoms with Crippen molar-refractivity contribution in [2.24, 2.45) is 0 Å². The molecular formula is C17H17Cl2NO. The standard InChI is InChI=1S/C17H17Cl2NO/c1-3-20(2)17(21)16(19)13-9-10-14(15(18)11-13)12-7-5-4-6-8-12/h4-11,16H,3H2,1-2H3. The molecule has 21 heavy (non-hydrogen) atoms. The third kappa shape index (κ3) is 3.58. The second-order valence-corrected chi connectivity index (χ2v) is 5.66. The zero-order chi connectivity index (χ0) is 15.4. The third-order valence-corrected chi connectivity index (χ3v) is 4.19. The highest BCUT2D eigenvalue weighted by molar-refractivity contribution is 6.34. The summed E-state index contributed by atoms with van der Waals surface area (Å²) >= 11 is 12.6. The van der Waals surface area contributed by atoms with Crippen molar-refractivity contribution >= 4 is 29.1 Å². The summed E-state index contributed by atoms with van der Waals surface area (Å²) in [5, 5.41) is -0.117. The molecule has 2 nitrogen and oxygen atoms in total. The summed E-state index contributed by atoms with van der Waals surface area (Å²) < 4.78 is 0. The van der Waals surface area contributed by atoms with Gasteiger partial charge in [0.25, 0.3) is 0 Å². The number of alkyl halides is 1. The van der Waals surface area contributed by atoms with Crippen LogP contribution in [-0.2, 0) is 4.79 Å². The average molecular weight is 322 g/mol. The minimum Gasteiger partial charge on any atom is -0.344 e. The average Bonchev–Trinajstić information content (AvgIpc) is 2.53. The van der Waals surface area contributed by atoms with Gasteiger partial charge >= 0.3 is 0 Å². The number of carbonyl (C=O) groups is 1. The van der Waals surface area contributed by atoms with E-state index in [1.165, 1.54) is 0 Å². The maximum atomic E-state index is 12.1. The molecule has 0 heterocycles. The van der Waals surface area contributed by atoms with Gasteiger partial charge in [0.05, 0.1) is 0 Å². The SMILES string of the molecule is CCN(C)C(=O)C(Cl)c1ccc(-c2ccccc2)c(Cl)c1. The first-order chi connectivity index (χ1) is 10.0. The second-order valence-electron chi connectivity index (χ2n) is 4.82. The molecular weight excluding hydrogens is 305 g/mol. The summed E-state index contributed by atoms with van der Waals surface area (Å²) in [6.07, 6.45) is 0. The maximum Gasteiger partial charge on any atom is 0.244 e. The van der Waals surface area contributed by atoms with E-state index in [1.807, 2.05) is 49.4 Å². The first kappa shape index (κ1) is 15.9. The van der Waals surface area contributed by atoms with Gasteiger partial charge in [0.1, 0.15) is 5.38 Å². The Morgan fingerprint density at radius 3 is 2.43 bits per heavy atom. The van der Waals surface area contributed by atoms with Crippen molar-refractivity contribution in [1.82, 2.24) is 4.90 Å². The second kappa shape index (κ2) is 6.97. The van der Waals surface area contributed by atoms with Crippen LogP contribution in [0.4, 0.5) is 0 Å². The van der Waals surface area contributed by atoms with E-state index in [0.29, 0.717) is 17.1 Å². The van der Waals surface area contributed by atoms with Gasteiger partial charge in [-0.1, -0.05) is 54.1 Å². The lowest BCUT2D eigenvalue weighted by Crippen LogP contribution is -2.29. The fourth-order valence-electron chi connectivity index (χ4n) is 2.03. The van der Waals surface area contributed by atoms with Crippen molar-refractivity contribution in [3.05, 3.63) is 59.1 Å². The first-order valence-electron chi connectivity index (χ1n) is 6.78. The minimum atomic E-state index is -0.711. The molecule has 0 aromatic heterocycles. The van der Waals surface area contributed by atoms with E-state index in [4.69, 9.17) is 23.2 Å². The third-order valence-electron chi connectivity index (χ3n) is 3.44.